The third-order valence-corrected chi connectivity index (χ3v) is 3.96. The summed E-state index contributed by atoms with van der Waals surface area (Å²) in [6, 6.07) is 5.81. The summed E-state index contributed by atoms with van der Waals surface area (Å²) >= 11 is 0. The molecule has 0 aliphatic carbocycles. The van der Waals surface area contributed by atoms with Crippen LogP contribution < -0.4 is 10.2 Å². The Kier molecular flexibility index (Phi) is 5.73. The summed E-state index contributed by atoms with van der Waals surface area (Å²) in [5.74, 6) is -1.34. The number of anilines is 1. The minimum Gasteiger partial charge on any atom is -0.480 e. The molecule has 124 valence electrons. The highest BCUT2D eigenvalue weighted by molar-refractivity contribution is 5.98. The summed E-state index contributed by atoms with van der Waals surface area (Å²) in [5.41, 5.74) is 1.16. The normalized spacial score (nSPS) is 15.5. The zero-order valence-corrected chi connectivity index (χ0v) is 13.2. The van der Waals surface area contributed by atoms with Crippen LogP contribution in [0.4, 0.5) is 5.69 Å². The number of aliphatic carboxylic acids is 1. The first kappa shape index (κ1) is 17.0. The van der Waals surface area contributed by atoms with Gasteiger partial charge in [0.25, 0.3) is 5.91 Å². The van der Waals surface area contributed by atoms with Gasteiger partial charge in [0.1, 0.15) is 6.04 Å². The number of hydrogen-bond acceptors (Lipinski definition) is 3. The van der Waals surface area contributed by atoms with Gasteiger partial charge in [0, 0.05) is 24.2 Å². The van der Waals surface area contributed by atoms with Gasteiger partial charge in [0.05, 0.1) is 0 Å². The zero-order valence-electron chi connectivity index (χ0n) is 13.2. The summed E-state index contributed by atoms with van der Waals surface area (Å²) in [4.78, 5) is 36.7. The van der Waals surface area contributed by atoms with Crippen molar-refractivity contribution in [3.63, 3.8) is 0 Å². The van der Waals surface area contributed by atoms with Crippen LogP contribution in [0.2, 0.25) is 0 Å². The van der Waals surface area contributed by atoms with Crippen LogP contribution in [0, 0.1) is 0 Å². The molecule has 23 heavy (non-hydrogen) atoms. The molecule has 0 spiro atoms. The predicted molar refractivity (Wildman–Crippen MR) is 86.4 cm³/mol. The van der Waals surface area contributed by atoms with Crippen molar-refractivity contribution < 1.29 is 19.5 Å². The highest BCUT2D eigenvalue weighted by Crippen LogP contribution is 2.21. The van der Waals surface area contributed by atoms with Gasteiger partial charge in [-0.05, 0) is 37.1 Å². The smallest absolute Gasteiger partial charge is 0.326 e. The van der Waals surface area contributed by atoms with Crippen LogP contribution in [0.5, 0.6) is 0 Å². The molecule has 0 radical (unpaired) electrons. The highest BCUT2D eigenvalue weighted by Gasteiger charge is 2.23. The number of rotatable bonds is 7. The molecule has 1 aromatic carbocycles. The molecule has 1 atom stereocenters. The van der Waals surface area contributed by atoms with Gasteiger partial charge in [0.2, 0.25) is 5.91 Å². The number of nitrogens with one attached hydrogen (secondary N) is 1. The van der Waals surface area contributed by atoms with E-state index < -0.39 is 17.9 Å². The SMILES string of the molecule is CCCC[C@H](NC(=O)c1ccc(N2CCCC2=O)cc1)C(=O)O. The van der Waals surface area contributed by atoms with E-state index in [1.54, 1.807) is 29.2 Å². The first-order valence-corrected chi connectivity index (χ1v) is 7.97. The number of carbonyl (C=O) groups excluding carboxylic acids is 2. The van der Waals surface area contributed by atoms with Crippen LogP contribution in [-0.2, 0) is 9.59 Å². The van der Waals surface area contributed by atoms with Crippen molar-refractivity contribution >= 4 is 23.5 Å². The van der Waals surface area contributed by atoms with Gasteiger partial charge in [-0.25, -0.2) is 4.79 Å². The fourth-order valence-electron chi connectivity index (χ4n) is 2.62. The third kappa shape index (κ3) is 4.31. The van der Waals surface area contributed by atoms with Crippen LogP contribution in [0.25, 0.3) is 0 Å². The fraction of sp³-hybridized carbons (Fsp3) is 0.471. The molecule has 1 fully saturated rings. The topological polar surface area (TPSA) is 86.7 Å². The Hall–Kier alpha value is -2.37. The summed E-state index contributed by atoms with van der Waals surface area (Å²) < 4.78 is 0. The average molecular weight is 318 g/mol. The van der Waals surface area contributed by atoms with E-state index >= 15 is 0 Å². The number of carbonyl (C=O) groups is 3. The van der Waals surface area contributed by atoms with E-state index in [1.165, 1.54) is 0 Å². The second kappa shape index (κ2) is 7.76. The molecular formula is C17H22N2O4. The van der Waals surface area contributed by atoms with Gasteiger partial charge in [-0.15, -0.1) is 0 Å². The molecule has 1 aromatic rings. The number of carboxylic acid groups (broad SMARTS) is 1. The van der Waals surface area contributed by atoms with Crippen molar-refractivity contribution in [2.75, 3.05) is 11.4 Å². The molecule has 1 aliphatic rings. The molecule has 1 saturated heterocycles. The lowest BCUT2D eigenvalue weighted by molar-refractivity contribution is -0.139. The van der Waals surface area contributed by atoms with Crippen LogP contribution in [-0.4, -0.2) is 35.5 Å². The van der Waals surface area contributed by atoms with E-state index in [-0.39, 0.29) is 5.91 Å². The maximum absolute atomic E-state index is 12.2. The lowest BCUT2D eigenvalue weighted by atomic mass is 10.1. The van der Waals surface area contributed by atoms with Crippen molar-refractivity contribution in [3.05, 3.63) is 29.8 Å². The summed E-state index contributed by atoms with van der Waals surface area (Å²) in [7, 11) is 0. The van der Waals surface area contributed by atoms with E-state index in [0.29, 0.717) is 24.9 Å². The maximum Gasteiger partial charge on any atom is 0.326 e. The minimum atomic E-state index is -1.02. The van der Waals surface area contributed by atoms with Gasteiger partial charge in [-0.3, -0.25) is 9.59 Å². The molecule has 2 N–H and O–H groups in total. The van der Waals surface area contributed by atoms with Crippen LogP contribution in [0.15, 0.2) is 24.3 Å². The third-order valence-electron chi connectivity index (χ3n) is 3.96. The average Bonchev–Trinajstić information content (AvgIpc) is 2.97. The predicted octanol–water partition coefficient (Wildman–Crippen LogP) is 2.19. The Morgan fingerprint density at radius 2 is 2.00 bits per heavy atom. The number of benzene rings is 1. The molecule has 0 aromatic heterocycles. The van der Waals surface area contributed by atoms with Crippen molar-refractivity contribution in [1.82, 2.24) is 5.32 Å². The molecule has 2 amide bonds. The van der Waals surface area contributed by atoms with E-state index in [4.69, 9.17) is 5.11 Å². The van der Waals surface area contributed by atoms with Crippen molar-refractivity contribution in [1.29, 1.82) is 0 Å². The van der Waals surface area contributed by atoms with Crippen molar-refractivity contribution in [3.8, 4) is 0 Å². The van der Waals surface area contributed by atoms with Gasteiger partial charge >= 0.3 is 5.97 Å². The van der Waals surface area contributed by atoms with Crippen LogP contribution >= 0.6 is 0 Å². The van der Waals surface area contributed by atoms with E-state index in [9.17, 15) is 14.4 Å². The van der Waals surface area contributed by atoms with E-state index in [2.05, 4.69) is 5.32 Å². The molecule has 6 heteroatoms. The molecule has 0 unspecified atom stereocenters. The quantitative estimate of drug-likeness (QED) is 0.807. The van der Waals surface area contributed by atoms with Crippen LogP contribution in [0.3, 0.4) is 0 Å². The Morgan fingerprint density at radius 3 is 2.52 bits per heavy atom. The first-order chi connectivity index (χ1) is 11.0. The molecule has 0 bridgehead atoms. The number of nitrogens with zero attached hydrogens (tertiary/aromatic N) is 1. The number of amides is 2. The maximum atomic E-state index is 12.2. The van der Waals surface area contributed by atoms with Gasteiger partial charge in [0.15, 0.2) is 0 Å². The fourth-order valence-corrected chi connectivity index (χ4v) is 2.62. The Balaban J connectivity index is 2.01. The largest absolute Gasteiger partial charge is 0.480 e. The molecule has 0 saturated carbocycles. The minimum absolute atomic E-state index is 0.0905. The summed E-state index contributed by atoms with van der Waals surface area (Å²) in [6.45, 7) is 2.67. The van der Waals surface area contributed by atoms with E-state index in [1.807, 2.05) is 6.92 Å². The van der Waals surface area contributed by atoms with Gasteiger partial charge < -0.3 is 15.3 Å². The molecule has 1 heterocycles. The Bertz CT molecular complexity index is 583. The Labute approximate surface area is 135 Å². The number of hydrogen-bond donors (Lipinski definition) is 2. The second-order valence-corrected chi connectivity index (χ2v) is 5.70. The number of unbranched alkanes of at least 4 members (excludes halogenated alkanes) is 1. The molecule has 1 aliphatic heterocycles. The molecule has 2 rings (SSSR count). The van der Waals surface area contributed by atoms with Crippen LogP contribution in [0.1, 0.15) is 49.4 Å². The molecular weight excluding hydrogens is 296 g/mol. The number of carboxylic acids is 1. The van der Waals surface area contributed by atoms with Crippen molar-refractivity contribution in [2.24, 2.45) is 0 Å². The molecule has 6 nitrogen and oxygen atoms in total. The standard InChI is InChI=1S/C17H22N2O4/c1-2-3-5-14(17(22)23)18-16(21)12-7-9-13(10-8-12)19-11-4-6-15(19)20/h7-10,14H,2-6,11H2,1H3,(H,18,21)(H,22,23)/t14-/m0/s1. The van der Waals surface area contributed by atoms with Gasteiger partial charge in [-0.1, -0.05) is 19.8 Å². The second-order valence-electron chi connectivity index (χ2n) is 5.70. The first-order valence-electron chi connectivity index (χ1n) is 7.97. The van der Waals surface area contributed by atoms with E-state index in [0.717, 1.165) is 24.9 Å². The lowest BCUT2D eigenvalue weighted by Gasteiger charge is -2.17. The highest BCUT2D eigenvalue weighted by atomic mass is 16.4. The van der Waals surface area contributed by atoms with Gasteiger partial charge in [-0.2, -0.15) is 0 Å². The summed E-state index contributed by atoms with van der Waals surface area (Å²) in [6.07, 6.45) is 3.43. The lowest BCUT2D eigenvalue weighted by Crippen LogP contribution is -2.40. The Morgan fingerprint density at radius 1 is 1.30 bits per heavy atom. The zero-order chi connectivity index (χ0) is 16.8. The summed E-state index contributed by atoms with van der Waals surface area (Å²) in [5, 5.41) is 11.7. The van der Waals surface area contributed by atoms with Crippen molar-refractivity contribution in [2.45, 2.75) is 45.1 Å². The monoisotopic (exact) mass is 318 g/mol.